The fraction of sp³-hybridized carbons (Fsp3) is 0.500. The molecule has 0 unspecified atom stereocenters. The minimum absolute atomic E-state index is 0. The molecular weight excluding hydrogens is 353 g/mol. The summed E-state index contributed by atoms with van der Waals surface area (Å²) in [7, 11) is 0. The van der Waals surface area contributed by atoms with E-state index in [0.717, 1.165) is 18.7 Å². The first kappa shape index (κ1) is 16.1. The molecule has 1 saturated heterocycles. The molecular formula is C14H22IN3O. The van der Waals surface area contributed by atoms with Crippen LogP contribution in [0.1, 0.15) is 31.2 Å². The zero-order valence-corrected chi connectivity index (χ0v) is 13.4. The molecule has 0 saturated carbocycles. The molecule has 0 aromatic heterocycles. The summed E-state index contributed by atoms with van der Waals surface area (Å²) >= 11 is 0. The zero-order chi connectivity index (χ0) is 12.8. The number of aliphatic imine (C=N–C) groups is 1. The van der Waals surface area contributed by atoms with Crippen molar-refractivity contribution in [2.24, 2.45) is 10.7 Å². The van der Waals surface area contributed by atoms with Crippen molar-refractivity contribution in [3.8, 4) is 5.75 Å². The summed E-state index contributed by atoms with van der Waals surface area (Å²) in [5, 5.41) is 9.37. The van der Waals surface area contributed by atoms with Crippen molar-refractivity contribution in [1.82, 2.24) is 4.90 Å². The van der Waals surface area contributed by atoms with Gasteiger partial charge in [-0.05, 0) is 30.5 Å². The Morgan fingerprint density at radius 2 is 1.89 bits per heavy atom. The van der Waals surface area contributed by atoms with Gasteiger partial charge in [0.15, 0.2) is 5.96 Å². The van der Waals surface area contributed by atoms with Gasteiger partial charge in [0.05, 0.1) is 6.54 Å². The van der Waals surface area contributed by atoms with Crippen molar-refractivity contribution in [3.05, 3.63) is 29.8 Å². The summed E-state index contributed by atoms with van der Waals surface area (Å²) in [6, 6.07) is 7.14. The van der Waals surface area contributed by atoms with Crippen LogP contribution in [0.3, 0.4) is 0 Å². The summed E-state index contributed by atoms with van der Waals surface area (Å²) in [5.74, 6) is 0.899. The van der Waals surface area contributed by atoms with Crippen molar-refractivity contribution in [1.29, 1.82) is 0 Å². The van der Waals surface area contributed by atoms with Gasteiger partial charge in [-0.1, -0.05) is 25.0 Å². The lowest BCUT2D eigenvalue weighted by molar-refractivity contribution is 0.428. The lowest BCUT2D eigenvalue weighted by Crippen LogP contribution is -2.38. The summed E-state index contributed by atoms with van der Waals surface area (Å²) in [5.41, 5.74) is 7.00. The Kier molecular flexibility index (Phi) is 6.97. The average Bonchev–Trinajstić information content (AvgIpc) is 2.65. The van der Waals surface area contributed by atoms with Gasteiger partial charge in [-0.15, -0.1) is 24.0 Å². The summed E-state index contributed by atoms with van der Waals surface area (Å²) in [6.07, 6.45) is 4.97. The second kappa shape index (κ2) is 8.24. The highest BCUT2D eigenvalue weighted by atomic mass is 127. The second-order valence-corrected chi connectivity index (χ2v) is 4.75. The number of phenolic OH excluding ortho intramolecular Hbond substituents is 1. The van der Waals surface area contributed by atoms with Gasteiger partial charge in [0.2, 0.25) is 0 Å². The fourth-order valence-electron chi connectivity index (χ4n) is 2.23. The molecule has 1 aliphatic rings. The van der Waals surface area contributed by atoms with Gasteiger partial charge in [-0.2, -0.15) is 0 Å². The van der Waals surface area contributed by atoms with Crippen LogP contribution in [-0.4, -0.2) is 29.1 Å². The third-order valence-corrected chi connectivity index (χ3v) is 3.26. The molecule has 0 amide bonds. The normalized spacial score (nSPS) is 16.6. The molecule has 4 nitrogen and oxygen atoms in total. The van der Waals surface area contributed by atoms with Crippen molar-refractivity contribution in [2.45, 2.75) is 32.2 Å². The minimum atomic E-state index is 0. The molecule has 5 heteroatoms. The van der Waals surface area contributed by atoms with E-state index in [1.165, 1.54) is 25.7 Å². The van der Waals surface area contributed by atoms with E-state index in [9.17, 15) is 5.11 Å². The monoisotopic (exact) mass is 375 g/mol. The second-order valence-electron chi connectivity index (χ2n) is 4.75. The first-order valence-electron chi connectivity index (χ1n) is 6.58. The molecule has 19 heavy (non-hydrogen) atoms. The number of guanidine groups is 1. The smallest absolute Gasteiger partial charge is 0.191 e. The van der Waals surface area contributed by atoms with Crippen molar-refractivity contribution in [2.75, 3.05) is 13.1 Å². The van der Waals surface area contributed by atoms with Crippen LogP contribution in [0.25, 0.3) is 0 Å². The van der Waals surface area contributed by atoms with Crippen molar-refractivity contribution < 1.29 is 5.11 Å². The highest BCUT2D eigenvalue weighted by Gasteiger charge is 2.10. The number of hydrogen-bond acceptors (Lipinski definition) is 2. The quantitative estimate of drug-likeness (QED) is 0.475. The Morgan fingerprint density at radius 3 is 2.53 bits per heavy atom. The van der Waals surface area contributed by atoms with E-state index in [1.807, 2.05) is 12.1 Å². The number of halogens is 1. The molecule has 1 aromatic carbocycles. The largest absolute Gasteiger partial charge is 0.508 e. The molecule has 0 radical (unpaired) electrons. The molecule has 1 heterocycles. The van der Waals surface area contributed by atoms with E-state index in [0.29, 0.717) is 12.5 Å². The Bertz CT molecular complexity index is 415. The predicted octanol–water partition coefficient (Wildman–Crippen LogP) is 2.70. The number of phenols is 1. The molecule has 0 spiro atoms. The Labute approximate surface area is 131 Å². The molecule has 3 N–H and O–H groups in total. The average molecular weight is 375 g/mol. The maximum atomic E-state index is 9.37. The highest BCUT2D eigenvalue weighted by molar-refractivity contribution is 14.0. The summed E-state index contributed by atoms with van der Waals surface area (Å²) in [6.45, 7) is 2.54. The van der Waals surface area contributed by atoms with Gasteiger partial charge in [-0.25, -0.2) is 4.99 Å². The van der Waals surface area contributed by atoms with E-state index in [2.05, 4.69) is 9.89 Å². The molecule has 2 rings (SSSR count). The molecule has 1 fully saturated rings. The molecule has 0 atom stereocenters. The number of benzene rings is 1. The third-order valence-electron chi connectivity index (χ3n) is 3.26. The number of hydrogen-bond donors (Lipinski definition) is 2. The first-order chi connectivity index (χ1) is 8.75. The fourth-order valence-corrected chi connectivity index (χ4v) is 2.23. The van der Waals surface area contributed by atoms with E-state index in [4.69, 9.17) is 5.73 Å². The maximum absolute atomic E-state index is 9.37. The Morgan fingerprint density at radius 1 is 1.21 bits per heavy atom. The number of aromatic hydroxyl groups is 1. The summed E-state index contributed by atoms with van der Waals surface area (Å²) < 4.78 is 0. The van der Waals surface area contributed by atoms with Gasteiger partial charge < -0.3 is 15.7 Å². The lowest BCUT2D eigenvalue weighted by Gasteiger charge is -2.21. The molecule has 0 aliphatic carbocycles. The van der Waals surface area contributed by atoms with E-state index >= 15 is 0 Å². The van der Waals surface area contributed by atoms with Gasteiger partial charge >= 0.3 is 0 Å². The zero-order valence-electron chi connectivity index (χ0n) is 11.1. The number of nitrogens with two attached hydrogens (primary N) is 1. The van der Waals surface area contributed by atoms with Crippen LogP contribution in [0.4, 0.5) is 0 Å². The van der Waals surface area contributed by atoms with Crippen LogP contribution >= 0.6 is 24.0 Å². The molecule has 1 aromatic rings. The van der Waals surface area contributed by atoms with Crippen LogP contribution < -0.4 is 5.73 Å². The van der Waals surface area contributed by atoms with Gasteiger partial charge in [0.1, 0.15) is 5.75 Å². The maximum Gasteiger partial charge on any atom is 0.191 e. The number of likely N-dealkylation sites (tertiary alicyclic amines) is 1. The Balaban J connectivity index is 0.00000180. The van der Waals surface area contributed by atoms with Gasteiger partial charge in [-0.3, -0.25) is 0 Å². The van der Waals surface area contributed by atoms with Crippen molar-refractivity contribution >= 4 is 29.9 Å². The van der Waals surface area contributed by atoms with Crippen LogP contribution in [0.2, 0.25) is 0 Å². The third kappa shape index (κ3) is 5.26. The lowest BCUT2D eigenvalue weighted by atomic mass is 10.2. The Hall–Kier alpha value is -0.980. The number of nitrogens with zero attached hydrogens (tertiary/aromatic N) is 2. The van der Waals surface area contributed by atoms with E-state index < -0.39 is 0 Å². The minimum Gasteiger partial charge on any atom is -0.508 e. The standard InChI is InChI=1S/C14H21N3O.HI/c15-14(17-8-3-1-2-4-9-17)16-11-12-6-5-7-13(18)10-12;/h5-7,10,18H,1-4,8-9,11H2,(H2,15,16);1H. The van der Waals surface area contributed by atoms with E-state index in [-0.39, 0.29) is 29.7 Å². The predicted molar refractivity (Wildman–Crippen MR) is 88.9 cm³/mol. The molecule has 1 aliphatic heterocycles. The van der Waals surface area contributed by atoms with E-state index in [1.54, 1.807) is 12.1 Å². The topological polar surface area (TPSA) is 61.9 Å². The SMILES string of the molecule is I.NC(=NCc1cccc(O)c1)N1CCCCCC1. The van der Waals surface area contributed by atoms with Crippen LogP contribution in [0.15, 0.2) is 29.3 Å². The van der Waals surface area contributed by atoms with Gasteiger partial charge in [0, 0.05) is 13.1 Å². The molecule has 0 bridgehead atoms. The van der Waals surface area contributed by atoms with Crippen LogP contribution in [0.5, 0.6) is 5.75 Å². The number of rotatable bonds is 2. The van der Waals surface area contributed by atoms with Crippen molar-refractivity contribution in [3.63, 3.8) is 0 Å². The van der Waals surface area contributed by atoms with Crippen LogP contribution in [0, 0.1) is 0 Å². The van der Waals surface area contributed by atoms with Crippen LogP contribution in [-0.2, 0) is 6.54 Å². The van der Waals surface area contributed by atoms with Gasteiger partial charge in [0.25, 0.3) is 0 Å². The first-order valence-corrected chi connectivity index (χ1v) is 6.58. The summed E-state index contributed by atoms with van der Waals surface area (Å²) in [4.78, 5) is 6.57. The highest BCUT2D eigenvalue weighted by Crippen LogP contribution is 2.12. The molecule has 106 valence electrons.